The Hall–Kier alpha value is -1.74. The van der Waals surface area contributed by atoms with Crippen molar-refractivity contribution in [1.29, 1.82) is 0 Å². The minimum absolute atomic E-state index is 0.354. The Balaban J connectivity index is 1.47. The van der Waals surface area contributed by atoms with Gasteiger partial charge in [0.2, 0.25) is 10.0 Å². The summed E-state index contributed by atoms with van der Waals surface area (Å²) < 4.78 is 27.6. The molecule has 31 heavy (non-hydrogen) atoms. The topological polar surface area (TPSA) is 53.5 Å². The third-order valence-electron chi connectivity index (χ3n) is 5.65. The molecule has 1 aliphatic heterocycles. The van der Waals surface area contributed by atoms with Crippen LogP contribution in [-0.2, 0) is 15.4 Å². The Morgan fingerprint density at radius 1 is 1.00 bits per heavy atom. The van der Waals surface area contributed by atoms with E-state index in [-0.39, 0.29) is 0 Å². The van der Waals surface area contributed by atoms with Crippen molar-refractivity contribution in [1.82, 2.24) is 9.29 Å². The third kappa shape index (κ3) is 4.58. The van der Waals surface area contributed by atoms with Crippen molar-refractivity contribution in [3.05, 3.63) is 64.0 Å². The van der Waals surface area contributed by atoms with Crippen LogP contribution in [0.3, 0.4) is 0 Å². The quantitative estimate of drug-likeness (QED) is 0.437. The third-order valence-corrected chi connectivity index (χ3v) is 9.11. The zero-order valence-electron chi connectivity index (χ0n) is 17.9. The number of sulfonamides is 1. The van der Waals surface area contributed by atoms with E-state index in [4.69, 9.17) is 4.98 Å². The van der Waals surface area contributed by atoms with E-state index in [0.717, 1.165) is 16.4 Å². The van der Waals surface area contributed by atoms with Gasteiger partial charge >= 0.3 is 0 Å². The average Bonchev–Trinajstić information content (AvgIpc) is 3.23. The molecule has 2 heterocycles. The lowest BCUT2D eigenvalue weighted by molar-refractivity contribution is 0.385. The lowest BCUT2D eigenvalue weighted by atomic mass is 9.98. The number of piperazine rings is 1. The number of hydrogen-bond acceptors (Lipinski definition) is 5. The fourth-order valence-electron chi connectivity index (χ4n) is 4.13. The first-order chi connectivity index (χ1) is 14.8. The Morgan fingerprint density at radius 3 is 2.19 bits per heavy atom. The molecule has 0 spiro atoms. The highest BCUT2D eigenvalue weighted by atomic mass is 79.9. The lowest BCUT2D eigenvalue weighted by Gasteiger charge is -2.33. The first kappa shape index (κ1) is 22.5. The van der Waals surface area contributed by atoms with Crippen molar-refractivity contribution >= 4 is 42.4 Å². The van der Waals surface area contributed by atoms with Crippen LogP contribution in [0.1, 0.15) is 22.3 Å². The van der Waals surface area contributed by atoms with Gasteiger partial charge in [0.15, 0.2) is 5.13 Å². The number of halogens is 1. The monoisotopic (exact) mass is 519 g/mol. The minimum Gasteiger partial charge on any atom is -0.345 e. The molecule has 164 valence electrons. The van der Waals surface area contributed by atoms with Gasteiger partial charge in [-0.3, -0.25) is 0 Å². The first-order valence-corrected chi connectivity index (χ1v) is 13.7. The van der Waals surface area contributed by atoms with Gasteiger partial charge in [0, 0.05) is 42.5 Å². The van der Waals surface area contributed by atoms with Gasteiger partial charge in [-0.2, -0.15) is 4.31 Å². The van der Waals surface area contributed by atoms with E-state index < -0.39 is 10.0 Å². The minimum atomic E-state index is -3.47. The summed E-state index contributed by atoms with van der Waals surface area (Å²) in [5.74, 6) is 0. The highest BCUT2D eigenvalue weighted by Gasteiger charge is 2.29. The Morgan fingerprint density at radius 2 is 1.61 bits per heavy atom. The summed E-state index contributed by atoms with van der Waals surface area (Å²) in [6, 6.07) is 11.5. The SMILES string of the molecule is Cc1cc(C)c(-c2csc(N3CCN(S(=O)(=O)c4ccc(CBr)cc4)CC3)n2)c(C)c1. The van der Waals surface area contributed by atoms with Crippen LogP contribution < -0.4 is 4.90 Å². The molecule has 0 N–H and O–H groups in total. The Bertz CT molecular complexity index is 1160. The maximum absolute atomic E-state index is 13.0. The zero-order chi connectivity index (χ0) is 22.2. The van der Waals surface area contributed by atoms with Gasteiger partial charge in [-0.25, -0.2) is 13.4 Å². The summed E-state index contributed by atoms with van der Waals surface area (Å²) in [7, 11) is -3.47. The molecule has 1 fully saturated rings. The van der Waals surface area contributed by atoms with Gasteiger partial charge in [-0.15, -0.1) is 11.3 Å². The molecular formula is C23H26BrN3O2S2. The van der Waals surface area contributed by atoms with E-state index in [9.17, 15) is 8.42 Å². The maximum Gasteiger partial charge on any atom is 0.243 e. The van der Waals surface area contributed by atoms with Crippen LogP contribution >= 0.6 is 27.3 Å². The molecule has 8 heteroatoms. The lowest BCUT2D eigenvalue weighted by Crippen LogP contribution is -2.48. The fraction of sp³-hybridized carbons (Fsp3) is 0.348. The molecule has 0 atom stereocenters. The molecule has 3 aromatic rings. The standard InChI is InChI=1S/C23H26BrN3O2S2/c1-16-12-17(2)22(18(3)13-16)21-15-30-23(25-21)26-8-10-27(11-9-26)31(28,29)20-6-4-19(14-24)5-7-20/h4-7,12-13,15H,8-11,14H2,1-3H3. The van der Waals surface area contributed by atoms with Crippen molar-refractivity contribution < 1.29 is 8.42 Å². The Kier molecular flexibility index (Phi) is 6.53. The van der Waals surface area contributed by atoms with Crippen molar-refractivity contribution in [2.45, 2.75) is 31.0 Å². The molecule has 1 aromatic heterocycles. The van der Waals surface area contributed by atoms with E-state index in [2.05, 4.69) is 59.1 Å². The summed E-state index contributed by atoms with van der Waals surface area (Å²) in [6.07, 6.45) is 0. The number of rotatable bonds is 5. The largest absolute Gasteiger partial charge is 0.345 e. The van der Waals surface area contributed by atoms with Crippen LogP contribution in [0.25, 0.3) is 11.3 Å². The molecule has 0 amide bonds. The summed E-state index contributed by atoms with van der Waals surface area (Å²) in [6.45, 7) is 8.56. The predicted octanol–water partition coefficient (Wildman–Crippen LogP) is 5.14. The molecule has 5 nitrogen and oxygen atoms in total. The smallest absolute Gasteiger partial charge is 0.243 e. The molecule has 4 rings (SSSR count). The summed E-state index contributed by atoms with van der Waals surface area (Å²) >= 11 is 5.02. The molecule has 0 unspecified atom stereocenters. The van der Waals surface area contributed by atoms with E-state index >= 15 is 0 Å². The number of hydrogen-bond donors (Lipinski definition) is 0. The van der Waals surface area contributed by atoms with Gasteiger partial charge in [-0.1, -0.05) is 45.8 Å². The number of thiazole rings is 1. The summed E-state index contributed by atoms with van der Waals surface area (Å²) in [5.41, 5.74) is 6.97. The highest BCUT2D eigenvalue weighted by Crippen LogP contribution is 2.33. The van der Waals surface area contributed by atoms with Crippen LogP contribution in [-0.4, -0.2) is 43.9 Å². The van der Waals surface area contributed by atoms with Gasteiger partial charge in [0.05, 0.1) is 10.6 Å². The number of benzene rings is 2. The highest BCUT2D eigenvalue weighted by molar-refractivity contribution is 9.08. The van der Waals surface area contributed by atoms with Crippen LogP contribution in [0.15, 0.2) is 46.7 Å². The van der Waals surface area contributed by atoms with Crippen molar-refractivity contribution in [2.75, 3.05) is 31.1 Å². The van der Waals surface area contributed by atoms with Gasteiger partial charge in [0.25, 0.3) is 0 Å². The van der Waals surface area contributed by atoms with Gasteiger partial charge < -0.3 is 4.90 Å². The van der Waals surface area contributed by atoms with Gasteiger partial charge in [-0.05, 0) is 49.6 Å². The maximum atomic E-state index is 13.0. The van der Waals surface area contributed by atoms with Crippen molar-refractivity contribution in [3.63, 3.8) is 0 Å². The first-order valence-electron chi connectivity index (χ1n) is 10.2. The number of anilines is 1. The number of nitrogens with zero attached hydrogens (tertiary/aromatic N) is 3. The molecule has 1 saturated heterocycles. The normalized spacial score (nSPS) is 15.4. The van der Waals surface area contributed by atoms with E-state index in [0.29, 0.717) is 36.4 Å². The molecule has 0 saturated carbocycles. The summed E-state index contributed by atoms with van der Waals surface area (Å²) in [4.78, 5) is 7.43. The van der Waals surface area contributed by atoms with Crippen molar-refractivity contribution in [3.8, 4) is 11.3 Å². The van der Waals surface area contributed by atoms with E-state index in [1.165, 1.54) is 22.3 Å². The fourth-order valence-corrected chi connectivity index (χ4v) is 6.79. The second-order valence-corrected chi connectivity index (χ2v) is 11.3. The molecular weight excluding hydrogens is 494 g/mol. The van der Waals surface area contributed by atoms with Gasteiger partial charge in [0.1, 0.15) is 0 Å². The molecule has 0 bridgehead atoms. The molecule has 0 radical (unpaired) electrons. The number of alkyl halides is 1. The van der Waals surface area contributed by atoms with Crippen LogP contribution in [0.4, 0.5) is 5.13 Å². The summed E-state index contributed by atoms with van der Waals surface area (Å²) in [5, 5.41) is 3.77. The van der Waals surface area contributed by atoms with E-state index in [1.807, 2.05) is 12.1 Å². The average molecular weight is 521 g/mol. The van der Waals surface area contributed by atoms with Crippen molar-refractivity contribution in [2.24, 2.45) is 0 Å². The second-order valence-electron chi connectivity index (χ2n) is 7.96. The second kappa shape index (κ2) is 9.02. The number of aromatic nitrogens is 1. The molecule has 0 aliphatic carbocycles. The molecule has 2 aromatic carbocycles. The van der Waals surface area contributed by atoms with E-state index in [1.54, 1.807) is 27.8 Å². The number of aryl methyl sites for hydroxylation is 3. The van der Waals surface area contributed by atoms with Crippen LogP contribution in [0.2, 0.25) is 0 Å². The Labute approximate surface area is 196 Å². The zero-order valence-corrected chi connectivity index (χ0v) is 21.1. The van der Waals surface area contributed by atoms with Crippen LogP contribution in [0, 0.1) is 20.8 Å². The predicted molar refractivity (Wildman–Crippen MR) is 132 cm³/mol. The van der Waals surface area contributed by atoms with Crippen LogP contribution in [0.5, 0.6) is 0 Å². The molecule has 1 aliphatic rings.